The Labute approximate surface area is 106 Å². The van der Waals surface area contributed by atoms with Crippen LogP contribution in [0.2, 0.25) is 0 Å². The summed E-state index contributed by atoms with van der Waals surface area (Å²) in [5.41, 5.74) is 3.41. The summed E-state index contributed by atoms with van der Waals surface area (Å²) in [6, 6.07) is 11.2. The van der Waals surface area contributed by atoms with Crippen molar-refractivity contribution in [3.63, 3.8) is 0 Å². The smallest absolute Gasteiger partial charge is 0.123 e. The van der Waals surface area contributed by atoms with Crippen molar-refractivity contribution in [3.8, 4) is 0 Å². The maximum absolute atomic E-state index is 13.0. The highest BCUT2D eigenvalue weighted by Gasteiger charge is 2.25. The summed E-state index contributed by atoms with van der Waals surface area (Å²) in [5, 5.41) is 3.55. The monoisotopic (exact) mass is 242 g/mol. The van der Waals surface area contributed by atoms with E-state index in [4.69, 9.17) is 0 Å². The Hall–Kier alpha value is -1.74. The molecule has 1 aliphatic heterocycles. The van der Waals surface area contributed by atoms with E-state index in [1.54, 1.807) is 0 Å². The average Bonchev–Trinajstić information content (AvgIpc) is 2.38. The molecule has 1 aliphatic rings. The molecule has 3 heteroatoms. The van der Waals surface area contributed by atoms with Crippen LogP contribution in [0.3, 0.4) is 0 Å². The van der Waals surface area contributed by atoms with Crippen LogP contribution in [-0.4, -0.2) is 11.0 Å². The molecule has 1 aromatic carbocycles. The lowest BCUT2D eigenvalue weighted by molar-refractivity contribution is 0.456. The first-order chi connectivity index (χ1) is 8.74. The van der Waals surface area contributed by atoms with Gasteiger partial charge in [-0.3, -0.25) is 4.98 Å². The van der Waals surface area contributed by atoms with Crippen LogP contribution in [0.25, 0.3) is 0 Å². The Balaban J connectivity index is 2.04. The van der Waals surface area contributed by atoms with Gasteiger partial charge in [0.25, 0.3) is 0 Å². The Kier molecular flexibility index (Phi) is 2.84. The van der Waals surface area contributed by atoms with Crippen molar-refractivity contribution in [2.75, 3.05) is 0 Å². The standard InChI is InChI=1S/C15H15FN2/c1-10-9-14-13(3-2-8-17-14)15(18-10)11-4-6-12(16)7-5-11/h2-8,10,15,18H,9H2,1H3. The number of fused-ring (bicyclic) bond motifs is 1. The number of rotatable bonds is 1. The molecule has 2 aromatic rings. The largest absolute Gasteiger partial charge is 0.303 e. The molecule has 0 fully saturated rings. The van der Waals surface area contributed by atoms with Crippen molar-refractivity contribution in [1.82, 2.24) is 10.3 Å². The lowest BCUT2D eigenvalue weighted by atomic mass is 9.90. The highest BCUT2D eigenvalue weighted by atomic mass is 19.1. The summed E-state index contributed by atoms with van der Waals surface area (Å²) in [5.74, 6) is -0.200. The first kappa shape index (κ1) is 11.4. The van der Waals surface area contributed by atoms with Gasteiger partial charge >= 0.3 is 0 Å². The zero-order valence-electron chi connectivity index (χ0n) is 10.2. The van der Waals surface area contributed by atoms with Gasteiger partial charge < -0.3 is 5.32 Å². The number of nitrogens with one attached hydrogen (secondary N) is 1. The molecular weight excluding hydrogens is 227 g/mol. The fourth-order valence-electron chi connectivity index (χ4n) is 2.54. The molecule has 2 unspecified atom stereocenters. The van der Waals surface area contributed by atoms with E-state index in [0.717, 1.165) is 17.7 Å². The van der Waals surface area contributed by atoms with Crippen molar-refractivity contribution in [3.05, 3.63) is 65.2 Å². The van der Waals surface area contributed by atoms with Crippen molar-refractivity contribution in [1.29, 1.82) is 0 Å². The van der Waals surface area contributed by atoms with Crippen molar-refractivity contribution in [2.45, 2.75) is 25.4 Å². The quantitative estimate of drug-likeness (QED) is 0.831. The summed E-state index contributed by atoms with van der Waals surface area (Å²) in [6.45, 7) is 2.15. The number of nitrogens with zero attached hydrogens (tertiary/aromatic N) is 1. The summed E-state index contributed by atoms with van der Waals surface area (Å²) in [7, 11) is 0. The topological polar surface area (TPSA) is 24.9 Å². The minimum Gasteiger partial charge on any atom is -0.303 e. The Morgan fingerprint density at radius 3 is 2.78 bits per heavy atom. The molecule has 2 nitrogen and oxygen atoms in total. The Morgan fingerprint density at radius 1 is 1.22 bits per heavy atom. The maximum atomic E-state index is 13.0. The molecule has 3 rings (SSSR count). The molecule has 0 amide bonds. The minimum atomic E-state index is -0.200. The summed E-state index contributed by atoms with van der Waals surface area (Å²) in [4.78, 5) is 4.45. The molecule has 92 valence electrons. The van der Waals surface area contributed by atoms with Crippen LogP contribution in [0.1, 0.15) is 29.8 Å². The first-order valence-corrected chi connectivity index (χ1v) is 6.19. The summed E-state index contributed by atoms with van der Waals surface area (Å²) >= 11 is 0. The fourth-order valence-corrected chi connectivity index (χ4v) is 2.54. The lowest BCUT2D eigenvalue weighted by Gasteiger charge is -2.31. The van der Waals surface area contributed by atoms with Gasteiger partial charge in [0.1, 0.15) is 5.82 Å². The van der Waals surface area contributed by atoms with E-state index in [0.29, 0.717) is 6.04 Å². The number of halogens is 1. The van der Waals surface area contributed by atoms with Gasteiger partial charge in [-0.05, 0) is 36.2 Å². The van der Waals surface area contributed by atoms with Gasteiger partial charge in [-0.1, -0.05) is 18.2 Å². The van der Waals surface area contributed by atoms with Gasteiger partial charge in [-0.15, -0.1) is 0 Å². The van der Waals surface area contributed by atoms with Gasteiger partial charge in [-0.25, -0.2) is 4.39 Å². The van der Waals surface area contributed by atoms with E-state index in [2.05, 4.69) is 23.3 Å². The lowest BCUT2D eigenvalue weighted by Crippen LogP contribution is -2.38. The molecule has 2 heterocycles. The van der Waals surface area contributed by atoms with Crippen LogP contribution in [0.15, 0.2) is 42.6 Å². The van der Waals surface area contributed by atoms with Crippen LogP contribution in [0, 0.1) is 5.82 Å². The van der Waals surface area contributed by atoms with Gasteiger partial charge in [0.2, 0.25) is 0 Å². The molecule has 0 aliphatic carbocycles. The zero-order valence-corrected chi connectivity index (χ0v) is 10.2. The second-order valence-corrected chi connectivity index (χ2v) is 4.80. The van der Waals surface area contributed by atoms with Crippen molar-refractivity contribution >= 4 is 0 Å². The molecule has 1 N–H and O–H groups in total. The van der Waals surface area contributed by atoms with Gasteiger partial charge in [-0.2, -0.15) is 0 Å². The molecule has 2 atom stereocenters. The molecule has 0 saturated heterocycles. The predicted molar refractivity (Wildman–Crippen MR) is 68.8 cm³/mol. The second kappa shape index (κ2) is 4.50. The fraction of sp³-hybridized carbons (Fsp3) is 0.267. The number of hydrogen-bond donors (Lipinski definition) is 1. The van der Waals surface area contributed by atoms with Crippen LogP contribution in [0.4, 0.5) is 4.39 Å². The number of pyridine rings is 1. The summed E-state index contributed by atoms with van der Waals surface area (Å²) < 4.78 is 13.0. The van der Waals surface area contributed by atoms with Gasteiger partial charge in [0.05, 0.1) is 6.04 Å². The van der Waals surface area contributed by atoms with E-state index in [1.165, 1.54) is 17.7 Å². The molecule has 18 heavy (non-hydrogen) atoms. The molecule has 0 saturated carbocycles. The van der Waals surface area contributed by atoms with E-state index >= 15 is 0 Å². The molecule has 0 radical (unpaired) electrons. The van der Waals surface area contributed by atoms with Crippen molar-refractivity contribution < 1.29 is 4.39 Å². The van der Waals surface area contributed by atoms with Crippen molar-refractivity contribution in [2.24, 2.45) is 0 Å². The van der Waals surface area contributed by atoms with E-state index in [9.17, 15) is 4.39 Å². The third kappa shape index (κ3) is 2.02. The third-order valence-corrected chi connectivity index (χ3v) is 3.39. The number of aromatic nitrogens is 1. The predicted octanol–water partition coefficient (Wildman–Crippen LogP) is 2.84. The zero-order chi connectivity index (χ0) is 12.5. The highest BCUT2D eigenvalue weighted by Crippen LogP contribution is 2.29. The average molecular weight is 242 g/mol. The van der Waals surface area contributed by atoms with Gasteiger partial charge in [0.15, 0.2) is 0 Å². The molecule has 0 spiro atoms. The summed E-state index contributed by atoms with van der Waals surface area (Å²) in [6.07, 6.45) is 2.77. The van der Waals surface area contributed by atoms with E-state index < -0.39 is 0 Å². The second-order valence-electron chi connectivity index (χ2n) is 4.80. The molecule has 1 aromatic heterocycles. The van der Waals surface area contributed by atoms with Crippen LogP contribution < -0.4 is 5.32 Å². The highest BCUT2D eigenvalue weighted by molar-refractivity contribution is 5.36. The Morgan fingerprint density at radius 2 is 2.00 bits per heavy atom. The van der Waals surface area contributed by atoms with Crippen LogP contribution in [-0.2, 0) is 6.42 Å². The first-order valence-electron chi connectivity index (χ1n) is 6.19. The van der Waals surface area contributed by atoms with Gasteiger partial charge in [0, 0.05) is 24.4 Å². The minimum absolute atomic E-state index is 0.109. The number of hydrogen-bond acceptors (Lipinski definition) is 2. The third-order valence-electron chi connectivity index (χ3n) is 3.39. The number of benzene rings is 1. The van der Waals surface area contributed by atoms with Crippen LogP contribution >= 0.6 is 0 Å². The van der Waals surface area contributed by atoms with E-state index in [1.807, 2.05) is 24.4 Å². The normalized spacial score (nSPS) is 22.6. The van der Waals surface area contributed by atoms with Crippen LogP contribution in [0.5, 0.6) is 0 Å². The maximum Gasteiger partial charge on any atom is 0.123 e. The SMILES string of the molecule is CC1Cc2ncccc2C(c2ccc(F)cc2)N1. The molecule has 0 bridgehead atoms. The van der Waals surface area contributed by atoms with E-state index in [-0.39, 0.29) is 11.9 Å². The molecular formula is C15H15FN2. The Bertz CT molecular complexity index is 551.